The minimum absolute atomic E-state index is 0.0391. The van der Waals surface area contributed by atoms with Gasteiger partial charge in [-0.1, -0.05) is 11.8 Å². The molecular weight excluding hydrogens is 302 g/mol. The fourth-order valence-electron chi connectivity index (χ4n) is 2.72. The van der Waals surface area contributed by atoms with Gasteiger partial charge in [-0.3, -0.25) is 4.79 Å². The van der Waals surface area contributed by atoms with Crippen molar-refractivity contribution in [2.75, 3.05) is 0 Å². The molecule has 1 aliphatic heterocycles. The van der Waals surface area contributed by atoms with Gasteiger partial charge in [-0.25, -0.2) is 9.97 Å². The molecule has 0 spiro atoms. The Hall–Kier alpha value is -3.13. The summed E-state index contributed by atoms with van der Waals surface area (Å²) in [6, 6.07) is 5.58. The lowest BCUT2D eigenvalue weighted by molar-refractivity contribution is 0.0590. The van der Waals surface area contributed by atoms with Crippen molar-refractivity contribution in [1.29, 1.82) is 0 Å². The lowest BCUT2D eigenvalue weighted by Crippen LogP contribution is -2.36. The Morgan fingerprint density at radius 3 is 2.92 bits per heavy atom. The molecule has 5 nitrogen and oxygen atoms in total. The predicted octanol–water partition coefficient (Wildman–Crippen LogP) is 2.87. The Bertz CT molecular complexity index is 1020. The lowest BCUT2D eigenvalue weighted by Gasteiger charge is -2.30. The Labute approximate surface area is 139 Å². The molecular formula is C19H15N3O2. The van der Waals surface area contributed by atoms with Gasteiger partial charge in [0.25, 0.3) is 0 Å². The van der Waals surface area contributed by atoms with E-state index in [-0.39, 0.29) is 5.78 Å². The minimum Gasteiger partial charge on any atom is -0.471 e. The van der Waals surface area contributed by atoms with Crippen LogP contribution in [0.1, 0.15) is 41.8 Å². The van der Waals surface area contributed by atoms with Crippen molar-refractivity contribution in [3.63, 3.8) is 0 Å². The molecule has 0 unspecified atom stereocenters. The van der Waals surface area contributed by atoms with Gasteiger partial charge < -0.3 is 9.14 Å². The molecule has 3 aromatic rings. The number of fused-ring (bicyclic) bond motifs is 2. The number of hydrogen-bond donors (Lipinski definition) is 0. The van der Waals surface area contributed by atoms with Gasteiger partial charge in [-0.2, -0.15) is 0 Å². The standard InChI is InChI=1S/C19H15N3O2/c1-19(2)10-16(23)15-9-14(11-21-18(15)24-19)4-3-13-5-6-17-20-7-8-22(17)12-13/h5-9,11-12H,10H2,1-2H3. The van der Waals surface area contributed by atoms with Gasteiger partial charge in [-0.05, 0) is 32.0 Å². The smallest absolute Gasteiger partial charge is 0.224 e. The third kappa shape index (κ3) is 2.63. The molecule has 0 bridgehead atoms. The number of ketones is 1. The summed E-state index contributed by atoms with van der Waals surface area (Å²) in [5.41, 5.74) is 2.43. The summed E-state index contributed by atoms with van der Waals surface area (Å²) in [7, 11) is 0. The third-order valence-electron chi connectivity index (χ3n) is 3.85. The zero-order chi connectivity index (χ0) is 16.7. The molecule has 0 aromatic carbocycles. The summed E-state index contributed by atoms with van der Waals surface area (Å²) in [6.45, 7) is 3.77. The second kappa shape index (κ2) is 5.20. The zero-order valence-electron chi connectivity index (χ0n) is 13.4. The molecule has 0 aliphatic carbocycles. The molecule has 5 heteroatoms. The average Bonchev–Trinajstić information content (AvgIpc) is 3.00. The van der Waals surface area contributed by atoms with Crippen molar-refractivity contribution in [1.82, 2.24) is 14.4 Å². The molecule has 1 aliphatic rings. The Morgan fingerprint density at radius 1 is 1.21 bits per heavy atom. The average molecular weight is 317 g/mol. The van der Waals surface area contributed by atoms with Gasteiger partial charge >= 0.3 is 0 Å². The van der Waals surface area contributed by atoms with Crippen molar-refractivity contribution in [3.05, 3.63) is 59.7 Å². The van der Waals surface area contributed by atoms with E-state index in [1.165, 1.54) is 0 Å². The molecule has 0 saturated heterocycles. The van der Waals surface area contributed by atoms with E-state index in [0.29, 0.717) is 23.4 Å². The largest absolute Gasteiger partial charge is 0.471 e. The van der Waals surface area contributed by atoms with Gasteiger partial charge in [0.05, 0.1) is 12.0 Å². The van der Waals surface area contributed by atoms with E-state index in [4.69, 9.17) is 4.74 Å². The number of Topliss-reactive ketones (excluding diaryl/α,β-unsaturated/α-hetero) is 1. The van der Waals surface area contributed by atoms with Crippen molar-refractivity contribution >= 4 is 11.4 Å². The highest BCUT2D eigenvalue weighted by molar-refractivity contribution is 6.00. The van der Waals surface area contributed by atoms with E-state index in [1.54, 1.807) is 18.5 Å². The van der Waals surface area contributed by atoms with Gasteiger partial charge in [0.15, 0.2) is 5.78 Å². The van der Waals surface area contributed by atoms with Crippen LogP contribution in [0.2, 0.25) is 0 Å². The molecule has 0 fully saturated rings. The maximum absolute atomic E-state index is 12.3. The van der Waals surface area contributed by atoms with Crippen LogP contribution in [0.25, 0.3) is 5.65 Å². The summed E-state index contributed by atoms with van der Waals surface area (Å²) in [5, 5.41) is 0. The van der Waals surface area contributed by atoms with Crippen LogP contribution < -0.4 is 4.74 Å². The van der Waals surface area contributed by atoms with Gasteiger partial charge in [0.2, 0.25) is 5.88 Å². The molecule has 0 atom stereocenters. The van der Waals surface area contributed by atoms with Gasteiger partial charge in [-0.15, -0.1) is 0 Å². The maximum atomic E-state index is 12.3. The molecule has 0 amide bonds. The van der Waals surface area contributed by atoms with E-state index in [9.17, 15) is 4.79 Å². The van der Waals surface area contributed by atoms with Crippen molar-refractivity contribution < 1.29 is 9.53 Å². The number of carbonyl (C=O) groups excluding carboxylic acids is 1. The summed E-state index contributed by atoms with van der Waals surface area (Å²) < 4.78 is 7.67. The monoisotopic (exact) mass is 317 g/mol. The van der Waals surface area contributed by atoms with Crippen LogP contribution in [0.15, 0.2) is 43.0 Å². The summed E-state index contributed by atoms with van der Waals surface area (Å²) in [6.07, 6.45) is 7.51. The first-order valence-corrected chi connectivity index (χ1v) is 7.67. The van der Waals surface area contributed by atoms with Crippen LogP contribution >= 0.6 is 0 Å². The number of carbonyl (C=O) groups is 1. The Balaban J connectivity index is 1.67. The number of nitrogens with zero attached hydrogens (tertiary/aromatic N) is 3. The minimum atomic E-state index is -0.509. The van der Waals surface area contributed by atoms with E-state index in [0.717, 1.165) is 11.2 Å². The Morgan fingerprint density at radius 2 is 2.04 bits per heavy atom. The highest BCUT2D eigenvalue weighted by Gasteiger charge is 2.33. The van der Waals surface area contributed by atoms with Crippen LogP contribution in [0, 0.1) is 11.8 Å². The number of pyridine rings is 2. The van der Waals surface area contributed by atoms with Crippen molar-refractivity contribution in [2.24, 2.45) is 0 Å². The van der Waals surface area contributed by atoms with Crippen LogP contribution in [-0.4, -0.2) is 25.8 Å². The van der Waals surface area contributed by atoms with E-state index >= 15 is 0 Å². The van der Waals surface area contributed by atoms with Crippen LogP contribution in [-0.2, 0) is 0 Å². The topological polar surface area (TPSA) is 56.5 Å². The summed E-state index contributed by atoms with van der Waals surface area (Å²) in [5.74, 6) is 6.57. The fraction of sp³-hybridized carbons (Fsp3) is 0.211. The number of rotatable bonds is 0. The highest BCUT2D eigenvalue weighted by Crippen LogP contribution is 2.31. The number of aromatic nitrogens is 3. The van der Waals surface area contributed by atoms with E-state index in [1.807, 2.05) is 42.8 Å². The van der Waals surface area contributed by atoms with Gasteiger partial charge in [0, 0.05) is 35.9 Å². The molecule has 24 heavy (non-hydrogen) atoms. The predicted molar refractivity (Wildman–Crippen MR) is 89.1 cm³/mol. The second-order valence-corrected chi connectivity index (χ2v) is 6.40. The fourth-order valence-corrected chi connectivity index (χ4v) is 2.72. The normalized spacial score (nSPS) is 15.3. The van der Waals surface area contributed by atoms with E-state index < -0.39 is 5.60 Å². The molecule has 0 N–H and O–H groups in total. The first kappa shape index (κ1) is 14.5. The maximum Gasteiger partial charge on any atom is 0.224 e. The molecule has 118 valence electrons. The van der Waals surface area contributed by atoms with Crippen molar-refractivity contribution in [2.45, 2.75) is 25.9 Å². The lowest BCUT2D eigenvalue weighted by atomic mass is 9.94. The van der Waals surface area contributed by atoms with Gasteiger partial charge in [0.1, 0.15) is 11.2 Å². The van der Waals surface area contributed by atoms with Crippen LogP contribution in [0.4, 0.5) is 0 Å². The first-order valence-electron chi connectivity index (χ1n) is 7.67. The Kier molecular flexibility index (Phi) is 3.14. The van der Waals surface area contributed by atoms with Crippen LogP contribution in [0.5, 0.6) is 5.88 Å². The quantitative estimate of drug-likeness (QED) is 0.598. The molecule has 3 aromatic heterocycles. The molecule has 0 radical (unpaired) electrons. The van der Waals surface area contributed by atoms with Crippen LogP contribution in [0.3, 0.4) is 0 Å². The molecule has 0 saturated carbocycles. The third-order valence-corrected chi connectivity index (χ3v) is 3.85. The van der Waals surface area contributed by atoms with Crippen molar-refractivity contribution in [3.8, 4) is 17.7 Å². The zero-order valence-corrected chi connectivity index (χ0v) is 13.4. The molecule has 4 rings (SSSR count). The van der Waals surface area contributed by atoms with E-state index in [2.05, 4.69) is 21.8 Å². The number of imidazole rings is 1. The number of hydrogen-bond acceptors (Lipinski definition) is 4. The summed E-state index contributed by atoms with van der Waals surface area (Å²) in [4.78, 5) is 20.7. The highest BCUT2D eigenvalue weighted by atomic mass is 16.5. The first-order chi connectivity index (χ1) is 11.5. The SMILES string of the molecule is CC1(C)CC(=O)c2cc(C#Cc3ccc4nccn4c3)cnc2O1. The second-order valence-electron chi connectivity index (χ2n) is 6.40. The number of ether oxygens (including phenoxy) is 1. The summed E-state index contributed by atoms with van der Waals surface area (Å²) >= 11 is 0. The molecule has 4 heterocycles.